The third-order valence-corrected chi connectivity index (χ3v) is 7.74. The number of carbonyl (C=O) groups is 1. The first kappa shape index (κ1) is 28.0. The van der Waals surface area contributed by atoms with Gasteiger partial charge in [0.25, 0.3) is 0 Å². The molecule has 2 aliphatic rings. The van der Waals surface area contributed by atoms with E-state index < -0.39 is 35.8 Å². The molecule has 0 bridgehead atoms. The van der Waals surface area contributed by atoms with Crippen LogP contribution in [0.15, 0.2) is 35.9 Å². The Balaban J connectivity index is 1.72. The average Bonchev–Trinajstić information content (AvgIpc) is 3.06. The second-order valence-corrected chi connectivity index (χ2v) is 11.8. The summed E-state index contributed by atoms with van der Waals surface area (Å²) >= 11 is 0. The number of benzene rings is 2. The Kier molecular flexibility index (Phi) is 7.32. The maximum absolute atomic E-state index is 14.5. The van der Waals surface area contributed by atoms with Crippen molar-refractivity contribution in [3.8, 4) is 5.75 Å². The van der Waals surface area contributed by atoms with Gasteiger partial charge in [-0.1, -0.05) is 39.3 Å². The SMILES string of the molecule is Cc1cc([C@H]2OC(=O)N(CC3=C(c4cc(C(C)C)c(F)cc4O)CCC(C)(C)C3)[C@H]2C)cc(C(F)(F)F)c1. The summed E-state index contributed by atoms with van der Waals surface area (Å²) in [5.74, 6) is -0.687. The van der Waals surface area contributed by atoms with Gasteiger partial charge in [-0.25, -0.2) is 9.18 Å². The molecular weight excluding hydrogens is 498 g/mol. The van der Waals surface area contributed by atoms with E-state index in [1.54, 1.807) is 30.9 Å². The molecule has 38 heavy (non-hydrogen) atoms. The molecule has 1 aliphatic heterocycles. The first-order valence-electron chi connectivity index (χ1n) is 13.0. The first-order valence-corrected chi connectivity index (χ1v) is 13.0. The third kappa shape index (κ3) is 5.54. The minimum Gasteiger partial charge on any atom is -0.507 e. The molecule has 0 radical (unpaired) electrons. The van der Waals surface area contributed by atoms with Crippen LogP contribution in [0.2, 0.25) is 0 Å². The van der Waals surface area contributed by atoms with E-state index in [2.05, 4.69) is 13.8 Å². The molecule has 1 amide bonds. The highest BCUT2D eigenvalue weighted by Gasteiger charge is 2.42. The van der Waals surface area contributed by atoms with E-state index in [1.807, 2.05) is 13.8 Å². The summed E-state index contributed by atoms with van der Waals surface area (Å²) < 4.78 is 60.5. The summed E-state index contributed by atoms with van der Waals surface area (Å²) in [5, 5.41) is 10.7. The van der Waals surface area contributed by atoms with E-state index in [1.165, 1.54) is 0 Å². The van der Waals surface area contributed by atoms with Crippen LogP contribution in [0, 0.1) is 18.2 Å². The van der Waals surface area contributed by atoms with Crippen LogP contribution in [0.1, 0.15) is 93.7 Å². The lowest BCUT2D eigenvalue weighted by molar-refractivity contribution is -0.137. The van der Waals surface area contributed by atoms with Gasteiger partial charge in [-0.3, -0.25) is 4.90 Å². The molecule has 4 rings (SSSR count). The molecule has 2 aromatic rings. The molecule has 0 spiro atoms. The van der Waals surface area contributed by atoms with Crippen molar-refractivity contribution in [3.63, 3.8) is 0 Å². The number of cyclic esters (lactones) is 1. The van der Waals surface area contributed by atoms with E-state index >= 15 is 0 Å². The normalized spacial score (nSPS) is 21.9. The molecular formula is C30H35F4NO3. The Hall–Kier alpha value is -3.03. The number of hydrogen-bond acceptors (Lipinski definition) is 3. The lowest BCUT2D eigenvalue weighted by Crippen LogP contribution is -2.35. The molecule has 1 N–H and O–H groups in total. The number of amides is 1. The van der Waals surface area contributed by atoms with E-state index in [-0.39, 0.29) is 23.6 Å². The van der Waals surface area contributed by atoms with Crippen molar-refractivity contribution in [2.75, 3.05) is 6.54 Å². The number of nitrogens with zero attached hydrogens (tertiary/aromatic N) is 1. The fourth-order valence-corrected chi connectivity index (χ4v) is 5.66. The molecule has 1 saturated heterocycles. The number of phenolic OH excluding ortho intramolecular Hbond substituents is 1. The molecule has 8 heteroatoms. The minimum atomic E-state index is -4.51. The largest absolute Gasteiger partial charge is 0.507 e. The number of aromatic hydroxyl groups is 1. The molecule has 2 aromatic carbocycles. The van der Waals surface area contributed by atoms with Crippen LogP contribution in [0.4, 0.5) is 22.4 Å². The monoisotopic (exact) mass is 533 g/mol. The zero-order valence-corrected chi connectivity index (χ0v) is 22.7. The number of aryl methyl sites for hydroxylation is 1. The minimum absolute atomic E-state index is 0.0558. The Morgan fingerprint density at radius 1 is 1.16 bits per heavy atom. The highest BCUT2D eigenvalue weighted by Crippen LogP contribution is 2.46. The van der Waals surface area contributed by atoms with E-state index in [0.717, 1.165) is 35.8 Å². The van der Waals surface area contributed by atoms with Gasteiger partial charge in [0, 0.05) is 18.2 Å². The molecule has 1 heterocycles. The van der Waals surface area contributed by atoms with Crippen molar-refractivity contribution in [1.82, 2.24) is 4.90 Å². The molecule has 1 fully saturated rings. The zero-order chi connectivity index (χ0) is 28.2. The van der Waals surface area contributed by atoms with Crippen LogP contribution in [0.5, 0.6) is 5.75 Å². The van der Waals surface area contributed by atoms with Crippen LogP contribution >= 0.6 is 0 Å². The number of halogens is 4. The van der Waals surface area contributed by atoms with Crippen molar-refractivity contribution in [2.45, 2.75) is 85.0 Å². The van der Waals surface area contributed by atoms with Crippen LogP contribution in [0.25, 0.3) is 5.57 Å². The number of carbonyl (C=O) groups excluding carboxylic acids is 1. The van der Waals surface area contributed by atoms with E-state index in [9.17, 15) is 27.5 Å². The summed E-state index contributed by atoms with van der Waals surface area (Å²) in [7, 11) is 0. The van der Waals surface area contributed by atoms with E-state index in [4.69, 9.17) is 4.74 Å². The number of alkyl halides is 3. The molecule has 2 atom stereocenters. The lowest BCUT2D eigenvalue weighted by Gasteiger charge is -2.35. The van der Waals surface area contributed by atoms with Crippen LogP contribution in [0.3, 0.4) is 0 Å². The summed E-state index contributed by atoms with van der Waals surface area (Å²) in [4.78, 5) is 14.6. The number of phenols is 1. The van der Waals surface area contributed by atoms with E-state index in [0.29, 0.717) is 35.1 Å². The smallest absolute Gasteiger partial charge is 0.416 e. The number of ether oxygens (including phenoxy) is 1. The van der Waals surface area contributed by atoms with Gasteiger partial charge in [0.15, 0.2) is 0 Å². The lowest BCUT2D eigenvalue weighted by atomic mass is 9.72. The Morgan fingerprint density at radius 2 is 1.84 bits per heavy atom. The predicted octanol–water partition coefficient (Wildman–Crippen LogP) is 8.53. The van der Waals surface area contributed by atoms with Gasteiger partial charge in [0.05, 0.1) is 11.6 Å². The maximum atomic E-state index is 14.5. The fourth-order valence-electron chi connectivity index (χ4n) is 5.66. The number of allylic oxidation sites excluding steroid dienone is 1. The van der Waals surface area contributed by atoms with Gasteiger partial charge < -0.3 is 9.84 Å². The number of rotatable bonds is 5. The summed E-state index contributed by atoms with van der Waals surface area (Å²) in [5.41, 5.74) is 2.78. The second kappa shape index (κ2) is 9.93. The standard InChI is InChI=1S/C30H35F4NO3/c1-16(2)23-12-24(26(36)13-25(23)31)22-7-8-29(5,6)14-20(22)15-35-18(4)27(38-28(35)37)19-9-17(3)10-21(11-19)30(32,33)34/h9-13,16,18,27,36H,7-8,14-15H2,1-6H3/t18-,27-/m0/s1. The molecule has 4 nitrogen and oxygen atoms in total. The summed E-state index contributed by atoms with van der Waals surface area (Å²) in [6, 6.07) is 6.06. The van der Waals surface area contributed by atoms with Gasteiger partial charge in [0.2, 0.25) is 0 Å². The second-order valence-electron chi connectivity index (χ2n) is 11.8. The Morgan fingerprint density at radius 3 is 2.47 bits per heavy atom. The Labute approximate surface area is 221 Å². The van der Waals surface area contributed by atoms with Gasteiger partial charge in [-0.2, -0.15) is 13.2 Å². The summed E-state index contributed by atoms with van der Waals surface area (Å²) in [6.07, 6.45) is -3.81. The highest BCUT2D eigenvalue weighted by molar-refractivity contribution is 5.77. The van der Waals surface area contributed by atoms with Crippen molar-refractivity contribution in [3.05, 3.63) is 69.5 Å². The van der Waals surface area contributed by atoms with Gasteiger partial charge in [0.1, 0.15) is 17.7 Å². The third-order valence-electron chi connectivity index (χ3n) is 7.74. The predicted molar refractivity (Wildman–Crippen MR) is 138 cm³/mol. The molecule has 206 valence electrons. The quantitative estimate of drug-likeness (QED) is 0.392. The fraction of sp³-hybridized carbons (Fsp3) is 0.500. The molecule has 0 unspecified atom stereocenters. The number of hydrogen-bond donors (Lipinski definition) is 1. The van der Waals surface area contributed by atoms with Crippen LogP contribution in [-0.4, -0.2) is 28.7 Å². The molecule has 0 aromatic heterocycles. The van der Waals surface area contributed by atoms with Crippen LogP contribution in [-0.2, 0) is 10.9 Å². The maximum Gasteiger partial charge on any atom is 0.416 e. The van der Waals surface area contributed by atoms with Crippen molar-refractivity contribution >= 4 is 11.7 Å². The van der Waals surface area contributed by atoms with Crippen molar-refractivity contribution in [1.29, 1.82) is 0 Å². The van der Waals surface area contributed by atoms with Crippen LogP contribution < -0.4 is 0 Å². The topological polar surface area (TPSA) is 49.8 Å². The Bertz CT molecular complexity index is 1280. The zero-order valence-electron chi connectivity index (χ0n) is 22.7. The first-order chi connectivity index (χ1) is 17.6. The molecule has 0 saturated carbocycles. The van der Waals surface area contributed by atoms with Gasteiger partial charge in [-0.05, 0) is 84.9 Å². The average molecular weight is 534 g/mol. The van der Waals surface area contributed by atoms with Crippen molar-refractivity contribution < 1.29 is 32.2 Å². The summed E-state index contributed by atoms with van der Waals surface area (Å²) in [6.45, 7) is 11.6. The molecule has 1 aliphatic carbocycles. The van der Waals surface area contributed by atoms with Gasteiger partial charge >= 0.3 is 12.3 Å². The highest BCUT2D eigenvalue weighted by atomic mass is 19.4. The van der Waals surface area contributed by atoms with Gasteiger partial charge in [-0.15, -0.1) is 0 Å². The van der Waals surface area contributed by atoms with Crippen molar-refractivity contribution in [2.24, 2.45) is 5.41 Å².